The molecule has 0 fully saturated rings. The molecule has 0 saturated heterocycles. The number of aliphatic carboxylic acids is 1. The van der Waals surface area contributed by atoms with Crippen LogP contribution in [-0.2, 0) is 14.9 Å². The first kappa shape index (κ1) is 16.6. The predicted octanol–water partition coefficient (Wildman–Crippen LogP) is 2.36. The van der Waals surface area contributed by atoms with E-state index in [0.717, 1.165) is 5.56 Å². The zero-order valence-electron chi connectivity index (χ0n) is 10.8. The summed E-state index contributed by atoms with van der Waals surface area (Å²) in [6.07, 6.45) is 0. The number of carboxylic acid groups (broad SMARTS) is 1. The SMILES string of the molecule is CC(C)(C)C(=O)O.Cc1ccc(S(=O)(=O)O)cc1. The van der Waals surface area contributed by atoms with E-state index in [9.17, 15) is 13.2 Å². The average Bonchev–Trinajstić information content (AvgIpc) is 2.16. The third kappa shape index (κ3) is 6.36. The summed E-state index contributed by atoms with van der Waals surface area (Å²) in [5, 5.41) is 8.25. The fourth-order valence-electron chi connectivity index (χ4n) is 0.710. The van der Waals surface area contributed by atoms with Crippen molar-refractivity contribution in [3.63, 3.8) is 0 Å². The second-order valence-electron chi connectivity index (χ2n) is 4.84. The third-order valence-corrected chi connectivity index (χ3v) is 2.83. The summed E-state index contributed by atoms with van der Waals surface area (Å²) >= 11 is 0. The molecule has 2 N–H and O–H groups in total. The molecule has 0 heterocycles. The van der Waals surface area contributed by atoms with Crippen molar-refractivity contribution in [1.82, 2.24) is 0 Å². The maximum atomic E-state index is 10.5. The van der Waals surface area contributed by atoms with Crippen molar-refractivity contribution in [3.05, 3.63) is 29.8 Å². The molecule has 6 heteroatoms. The quantitative estimate of drug-likeness (QED) is 0.767. The predicted molar refractivity (Wildman–Crippen MR) is 68.1 cm³/mol. The summed E-state index contributed by atoms with van der Waals surface area (Å²) in [6.45, 7) is 6.83. The molecule has 102 valence electrons. The fraction of sp³-hybridized carbons (Fsp3) is 0.417. The average molecular weight is 274 g/mol. The molecule has 0 saturated carbocycles. The minimum absolute atomic E-state index is 0.0666. The number of hydrogen-bond donors (Lipinski definition) is 2. The molecule has 0 aliphatic carbocycles. The van der Waals surface area contributed by atoms with Crippen LogP contribution in [0.3, 0.4) is 0 Å². The maximum absolute atomic E-state index is 10.5. The minimum Gasteiger partial charge on any atom is -0.481 e. The van der Waals surface area contributed by atoms with Crippen LogP contribution < -0.4 is 0 Å². The molecule has 0 radical (unpaired) electrons. The smallest absolute Gasteiger partial charge is 0.308 e. The van der Waals surface area contributed by atoms with Crippen molar-refractivity contribution >= 4 is 16.1 Å². The Morgan fingerprint density at radius 1 is 1.11 bits per heavy atom. The number of carboxylic acids is 1. The summed E-state index contributed by atoms with van der Waals surface area (Å²) in [5.41, 5.74) is 0.373. The Labute approximate surface area is 107 Å². The van der Waals surface area contributed by atoms with E-state index in [-0.39, 0.29) is 4.90 Å². The van der Waals surface area contributed by atoms with Crippen LogP contribution in [0.15, 0.2) is 29.2 Å². The van der Waals surface area contributed by atoms with Crippen molar-refractivity contribution in [2.45, 2.75) is 32.6 Å². The number of hydrogen-bond acceptors (Lipinski definition) is 3. The van der Waals surface area contributed by atoms with E-state index in [4.69, 9.17) is 9.66 Å². The normalized spacial score (nSPS) is 11.4. The lowest BCUT2D eigenvalue weighted by Gasteiger charge is -2.08. The van der Waals surface area contributed by atoms with Crippen LogP contribution in [0.5, 0.6) is 0 Å². The third-order valence-electron chi connectivity index (χ3n) is 1.96. The summed E-state index contributed by atoms with van der Waals surface area (Å²) < 4.78 is 29.6. The molecule has 0 amide bonds. The zero-order valence-corrected chi connectivity index (χ0v) is 11.7. The van der Waals surface area contributed by atoms with Crippen LogP contribution in [0.25, 0.3) is 0 Å². The zero-order chi connectivity index (χ0) is 14.6. The summed E-state index contributed by atoms with van der Waals surface area (Å²) in [5.74, 6) is -0.757. The molecule has 0 aliphatic rings. The van der Waals surface area contributed by atoms with Gasteiger partial charge < -0.3 is 5.11 Å². The van der Waals surface area contributed by atoms with Gasteiger partial charge in [-0.3, -0.25) is 9.35 Å². The van der Waals surface area contributed by atoms with Gasteiger partial charge in [-0.1, -0.05) is 17.7 Å². The van der Waals surface area contributed by atoms with E-state index >= 15 is 0 Å². The highest BCUT2D eigenvalue weighted by atomic mass is 32.2. The molecule has 1 aromatic rings. The molecular formula is C12H18O5S. The largest absolute Gasteiger partial charge is 0.481 e. The summed E-state index contributed by atoms with van der Waals surface area (Å²) in [4.78, 5) is 9.95. The second-order valence-corrected chi connectivity index (χ2v) is 6.26. The Kier molecular flexibility index (Phi) is 5.51. The van der Waals surface area contributed by atoms with Crippen LogP contribution in [0.2, 0.25) is 0 Å². The topological polar surface area (TPSA) is 91.7 Å². The monoisotopic (exact) mass is 274 g/mol. The van der Waals surface area contributed by atoms with Crippen molar-refractivity contribution in [3.8, 4) is 0 Å². The number of carbonyl (C=O) groups is 1. The standard InChI is InChI=1S/C7H8O3S.C5H10O2/c1-6-2-4-7(5-3-6)11(8,9)10;1-5(2,3)4(6)7/h2-5H,1H3,(H,8,9,10);1-3H3,(H,6,7). The molecule has 0 unspecified atom stereocenters. The molecule has 18 heavy (non-hydrogen) atoms. The highest BCUT2D eigenvalue weighted by Gasteiger charge is 2.18. The highest BCUT2D eigenvalue weighted by molar-refractivity contribution is 7.85. The molecular weight excluding hydrogens is 256 g/mol. The molecule has 1 rings (SSSR count). The van der Waals surface area contributed by atoms with Gasteiger partial charge in [-0.25, -0.2) is 0 Å². The Bertz CT molecular complexity index is 494. The van der Waals surface area contributed by atoms with E-state index in [1.165, 1.54) is 12.1 Å². The van der Waals surface area contributed by atoms with Crippen molar-refractivity contribution < 1.29 is 22.9 Å². The van der Waals surface area contributed by atoms with Crippen LogP contribution in [0.1, 0.15) is 26.3 Å². The van der Waals surface area contributed by atoms with E-state index in [1.54, 1.807) is 32.9 Å². The fourth-order valence-corrected chi connectivity index (χ4v) is 1.19. The van der Waals surface area contributed by atoms with E-state index < -0.39 is 21.5 Å². The van der Waals surface area contributed by atoms with Crippen LogP contribution in [-0.4, -0.2) is 24.0 Å². The number of benzene rings is 1. The summed E-state index contributed by atoms with van der Waals surface area (Å²) in [6, 6.07) is 5.99. The Hall–Kier alpha value is -1.40. The van der Waals surface area contributed by atoms with Gasteiger partial charge in [-0.15, -0.1) is 0 Å². The lowest BCUT2D eigenvalue weighted by Crippen LogP contribution is -2.18. The first-order chi connectivity index (χ1) is 7.94. The van der Waals surface area contributed by atoms with Crippen molar-refractivity contribution in [1.29, 1.82) is 0 Å². The van der Waals surface area contributed by atoms with Gasteiger partial charge in [0.25, 0.3) is 10.1 Å². The molecule has 5 nitrogen and oxygen atoms in total. The van der Waals surface area contributed by atoms with Gasteiger partial charge in [0.2, 0.25) is 0 Å². The Morgan fingerprint density at radius 2 is 1.44 bits per heavy atom. The molecule has 0 bridgehead atoms. The van der Waals surface area contributed by atoms with E-state index in [2.05, 4.69) is 0 Å². The summed E-state index contributed by atoms with van der Waals surface area (Å²) in [7, 11) is -4.02. The second kappa shape index (κ2) is 5.97. The lowest BCUT2D eigenvalue weighted by atomic mass is 9.98. The number of aryl methyl sites for hydroxylation is 1. The van der Waals surface area contributed by atoms with Gasteiger partial charge in [-0.2, -0.15) is 8.42 Å². The Morgan fingerprint density at radius 3 is 1.67 bits per heavy atom. The van der Waals surface area contributed by atoms with Crippen LogP contribution >= 0.6 is 0 Å². The van der Waals surface area contributed by atoms with Gasteiger partial charge in [0.05, 0.1) is 10.3 Å². The number of rotatable bonds is 1. The maximum Gasteiger partial charge on any atom is 0.308 e. The van der Waals surface area contributed by atoms with Crippen LogP contribution in [0.4, 0.5) is 0 Å². The molecule has 0 aromatic heterocycles. The van der Waals surface area contributed by atoms with Gasteiger partial charge in [0.15, 0.2) is 0 Å². The van der Waals surface area contributed by atoms with E-state index in [1.807, 2.05) is 6.92 Å². The highest BCUT2D eigenvalue weighted by Crippen LogP contribution is 2.11. The molecule has 1 aromatic carbocycles. The first-order valence-electron chi connectivity index (χ1n) is 5.22. The van der Waals surface area contributed by atoms with Crippen molar-refractivity contribution in [2.75, 3.05) is 0 Å². The molecule has 0 aliphatic heterocycles. The first-order valence-corrected chi connectivity index (χ1v) is 6.66. The lowest BCUT2D eigenvalue weighted by molar-refractivity contribution is -0.145. The Balaban J connectivity index is 0.000000360. The molecule has 0 spiro atoms. The van der Waals surface area contributed by atoms with Gasteiger partial charge in [-0.05, 0) is 39.8 Å². The van der Waals surface area contributed by atoms with Gasteiger partial charge in [0, 0.05) is 0 Å². The van der Waals surface area contributed by atoms with Crippen molar-refractivity contribution in [2.24, 2.45) is 5.41 Å². The van der Waals surface area contributed by atoms with Gasteiger partial charge >= 0.3 is 5.97 Å². The van der Waals surface area contributed by atoms with Crippen LogP contribution in [0, 0.1) is 12.3 Å². The molecule has 0 atom stereocenters. The minimum atomic E-state index is -4.02. The van der Waals surface area contributed by atoms with Gasteiger partial charge in [0.1, 0.15) is 0 Å². The van der Waals surface area contributed by atoms with E-state index in [0.29, 0.717) is 0 Å².